The van der Waals surface area contributed by atoms with Crippen LogP contribution in [0.2, 0.25) is 0 Å². The fraction of sp³-hybridized carbons (Fsp3) is 0.455. The number of carbonyl (C=O) groups is 1. The van der Waals surface area contributed by atoms with Gasteiger partial charge < -0.3 is 19.3 Å². The van der Waals surface area contributed by atoms with Crippen LogP contribution >= 0.6 is 0 Å². The van der Waals surface area contributed by atoms with Crippen molar-refractivity contribution in [3.05, 3.63) is 53.9 Å². The van der Waals surface area contributed by atoms with Crippen molar-refractivity contribution >= 4 is 5.91 Å². The SMILES string of the molecule is COc1ccc(CCN(C)C2CCCN(C(=O)c3ccncc3)C2)cc1OC. The van der Waals surface area contributed by atoms with E-state index in [1.165, 1.54) is 5.56 Å². The van der Waals surface area contributed by atoms with Crippen LogP contribution in [0.1, 0.15) is 28.8 Å². The number of piperidine rings is 1. The predicted molar refractivity (Wildman–Crippen MR) is 109 cm³/mol. The fourth-order valence-electron chi connectivity index (χ4n) is 3.70. The fourth-order valence-corrected chi connectivity index (χ4v) is 3.70. The molecule has 150 valence electrons. The van der Waals surface area contributed by atoms with Crippen LogP contribution in [0.5, 0.6) is 11.5 Å². The average molecular weight is 383 g/mol. The molecule has 1 unspecified atom stereocenters. The first-order chi connectivity index (χ1) is 13.6. The third-order valence-corrected chi connectivity index (χ3v) is 5.44. The van der Waals surface area contributed by atoms with Crippen molar-refractivity contribution in [2.75, 3.05) is 40.9 Å². The minimum Gasteiger partial charge on any atom is -0.493 e. The summed E-state index contributed by atoms with van der Waals surface area (Å²) in [6, 6.07) is 10.0. The molecule has 3 rings (SSSR count). The number of likely N-dealkylation sites (tertiary alicyclic amines) is 1. The molecule has 1 aromatic carbocycles. The first-order valence-electron chi connectivity index (χ1n) is 9.73. The van der Waals surface area contributed by atoms with Gasteiger partial charge in [0.05, 0.1) is 14.2 Å². The molecule has 1 aliphatic heterocycles. The van der Waals surface area contributed by atoms with Crippen LogP contribution in [0.15, 0.2) is 42.7 Å². The molecule has 1 atom stereocenters. The number of nitrogens with zero attached hydrogens (tertiary/aromatic N) is 3. The Morgan fingerprint density at radius 2 is 1.93 bits per heavy atom. The van der Waals surface area contributed by atoms with Gasteiger partial charge in [-0.2, -0.15) is 0 Å². The molecule has 0 N–H and O–H groups in total. The van der Waals surface area contributed by atoms with E-state index < -0.39 is 0 Å². The molecule has 1 fully saturated rings. The number of pyridine rings is 1. The van der Waals surface area contributed by atoms with E-state index in [1.807, 2.05) is 17.0 Å². The van der Waals surface area contributed by atoms with Crippen molar-refractivity contribution in [3.8, 4) is 11.5 Å². The average Bonchev–Trinajstić information content (AvgIpc) is 2.77. The molecule has 0 aliphatic carbocycles. The Morgan fingerprint density at radius 1 is 1.18 bits per heavy atom. The highest BCUT2D eigenvalue weighted by molar-refractivity contribution is 5.94. The van der Waals surface area contributed by atoms with Gasteiger partial charge in [-0.15, -0.1) is 0 Å². The zero-order valence-electron chi connectivity index (χ0n) is 16.9. The van der Waals surface area contributed by atoms with Crippen molar-refractivity contribution in [3.63, 3.8) is 0 Å². The van der Waals surface area contributed by atoms with E-state index in [1.54, 1.807) is 38.7 Å². The molecule has 6 heteroatoms. The minimum absolute atomic E-state index is 0.0976. The van der Waals surface area contributed by atoms with Crippen LogP contribution in [0.3, 0.4) is 0 Å². The van der Waals surface area contributed by atoms with Crippen LogP contribution in [-0.4, -0.2) is 67.6 Å². The Labute approximate surface area is 167 Å². The second kappa shape index (κ2) is 9.55. The molecular weight excluding hydrogens is 354 g/mol. The maximum Gasteiger partial charge on any atom is 0.254 e. The molecule has 0 saturated carbocycles. The zero-order chi connectivity index (χ0) is 19.9. The maximum absolute atomic E-state index is 12.7. The van der Waals surface area contributed by atoms with Crippen LogP contribution in [-0.2, 0) is 6.42 Å². The van der Waals surface area contributed by atoms with E-state index >= 15 is 0 Å². The quantitative estimate of drug-likeness (QED) is 0.736. The third-order valence-electron chi connectivity index (χ3n) is 5.44. The summed E-state index contributed by atoms with van der Waals surface area (Å²) in [7, 11) is 5.45. The van der Waals surface area contributed by atoms with Gasteiger partial charge in [0.25, 0.3) is 5.91 Å². The number of aromatic nitrogens is 1. The van der Waals surface area contributed by atoms with E-state index in [2.05, 4.69) is 23.0 Å². The third kappa shape index (κ3) is 4.81. The number of benzene rings is 1. The molecule has 0 radical (unpaired) electrons. The summed E-state index contributed by atoms with van der Waals surface area (Å²) in [5.74, 6) is 1.60. The Hall–Kier alpha value is -2.60. The van der Waals surface area contributed by atoms with Gasteiger partial charge in [-0.3, -0.25) is 9.78 Å². The minimum atomic E-state index is 0.0976. The largest absolute Gasteiger partial charge is 0.493 e. The summed E-state index contributed by atoms with van der Waals surface area (Å²) in [5.41, 5.74) is 1.92. The molecule has 28 heavy (non-hydrogen) atoms. The lowest BCUT2D eigenvalue weighted by Gasteiger charge is -2.37. The van der Waals surface area contributed by atoms with Crippen molar-refractivity contribution in [1.29, 1.82) is 0 Å². The number of hydrogen-bond acceptors (Lipinski definition) is 5. The number of rotatable bonds is 7. The molecule has 0 spiro atoms. The normalized spacial score (nSPS) is 16.9. The van der Waals surface area contributed by atoms with Gasteiger partial charge in [0, 0.05) is 43.6 Å². The number of ether oxygens (including phenoxy) is 2. The standard InChI is InChI=1S/C22H29N3O3/c1-24(14-10-17-6-7-20(27-2)21(15-17)28-3)19-5-4-13-25(16-19)22(26)18-8-11-23-12-9-18/h6-9,11-12,15,19H,4-5,10,13-14,16H2,1-3H3. The summed E-state index contributed by atoms with van der Waals surface area (Å²) in [5, 5.41) is 0. The molecule has 0 bridgehead atoms. The smallest absolute Gasteiger partial charge is 0.254 e. The van der Waals surface area contributed by atoms with Crippen molar-refractivity contribution in [2.45, 2.75) is 25.3 Å². The molecule has 1 amide bonds. The Balaban J connectivity index is 1.57. The Bertz CT molecular complexity index is 782. The highest BCUT2D eigenvalue weighted by Gasteiger charge is 2.26. The number of methoxy groups -OCH3 is 2. The zero-order valence-corrected chi connectivity index (χ0v) is 16.9. The highest BCUT2D eigenvalue weighted by atomic mass is 16.5. The topological polar surface area (TPSA) is 54.9 Å². The van der Waals surface area contributed by atoms with Gasteiger partial charge >= 0.3 is 0 Å². The Kier molecular flexibility index (Phi) is 6.87. The number of carbonyl (C=O) groups excluding carboxylic acids is 1. The van der Waals surface area contributed by atoms with E-state index in [4.69, 9.17) is 9.47 Å². The van der Waals surface area contributed by atoms with E-state index in [-0.39, 0.29) is 5.91 Å². The van der Waals surface area contributed by atoms with Gasteiger partial charge in [-0.25, -0.2) is 0 Å². The molecule has 2 heterocycles. The summed E-state index contributed by atoms with van der Waals surface area (Å²) >= 11 is 0. The van der Waals surface area contributed by atoms with E-state index in [0.717, 1.165) is 50.4 Å². The van der Waals surface area contributed by atoms with Gasteiger partial charge in [-0.05, 0) is 56.1 Å². The lowest BCUT2D eigenvalue weighted by molar-refractivity contribution is 0.0611. The van der Waals surface area contributed by atoms with Crippen molar-refractivity contribution < 1.29 is 14.3 Å². The molecular formula is C22H29N3O3. The lowest BCUT2D eigenvalue weighted by atomic mass is 10.0. The van der Waals surface area contributed by atoms with Crippen LogP contribution in [0.25, 0.3) is 0 Å². The summed E-state index contributed by atoms with van der Waals surface area (Å²) in [6.45, 7) is 2.52. The van der Waals surface area contributed by atoms with E-state index in [0.29, 0.717) is 11.6 Å². The number of amides is 1. The van der Waals surface area contributed by atoms with Gasteiger partial charge in [0.1, 0.15) is 0 Å². The van der Waals surface area contributed by atoms with E-state index in [9.17, 15) is 4.79 Å². The lowest BCUT2D eigenvalue weighted by Crippen LogP contribution is -2.49. The monoisotopic (exact) mass is 383 g/mol. The summed E-state index contributed by atoms with van der Waals surface area (Å²) in [6.07, 6.45) is 6.41. The summed E-state index contributed by atoms with van der Waals surface area (Å²) < 4.78 is 10.7. The van der Waals surface area contributed by atoms with Gasteiger partial charge in [0.15, 0.2) is 11.5 Å². The molecule has 1 saturated heterocycles. The first kappa shape index (κ1) is 20.1. The van der Waals surface area contributed by atoms with Crippen LogP contribution < -0.4 is 9.47 Å². The maximum atomic E-state index is 12.7. The second-order valence-corrected chi connectivity index (χ2v) is 7.20. The van der Waals surface area contributed by atoms with Gasteiger partial charge in [0.2, 0.25) is 0 Å². The van der Waals surface area contributed by atoms with Crippen LogP contribution in [0, 0.1) is 0 Å². The molecule has 1 aromatic heterocycles. The highest BCUT2D eigenvalue weighted by Crippen LogP contribution is 2.28. The number of likely N-dealkylation sites (N-methyl/N-ethyl adjacent to an activating group) is 1. The van der Waals surface area contributed by atoms with Crippen LogP contribution in [0.4, 0.5) is 0 Å². The van der Waals surface area contributed by atoms with Gasteiger partial charge in [-0.1, -0.05) is 6.07 Å². The summed E-state index contributed by atoms with van der Waals surface area (Å²) in [4.78, 5) is 21.1. The Morgan fingerprint density at radius 3 is 2.64 bits per heavy atom. The van der Waals surface area contributed by atoms with Crippen molar-refractivity contribution in [1.82, 2.24) is 14.8 Å². The number of hydrogen-bond donors (Lipinski definition) is 0. The predicted octanol–water partition coefficient (Wildman–Crippen LogP) is 2.88. The van der Waals surface area contributed by atoms with Crippen molar-refractivity contribution in [2.24, 2.45) is 0 Å². The molecule has 1 aliphatic rings. The molecule has 2 aromatic rings. The molecule has 6 nitrogen and oxygen atoms in total. The first-order valence-corrected chi connectivity index (χ1v) is 9.73. The second-order valence-electron chi connectivity index (χ2n) is 7.20.